The first kappa shape index (κ1) is 13.4. The van der Waals surface area contributed by atoms with Crippen molar-refractivity contribution < 1.29 is 24.2 Å². The molecule has 7 nitrogen and oxygen atoms in total. The summed E-state index contributed by atoms with van der Waals surface area (Å²) in [5.41, 5.74) is 5.48. The smallest absolute Gasteiger partial charge is 0.328 e. The number of carbonyl (C=O) groups excluding carboxylic acids is 2. The number of esters is 1. The van der Waals surface area contributed by atoms with Crippen molar-refractivity contribution in [1.82, 2.24) is 4.90 Å². The third kappa shape index (κ3) is 3.16. The summed E-state index contributed by atoms with van der Waals surface area (Å²) < 4.78 is 4.59. The van der Waals surface area contributed by atoms with Crippen molar-refractivity contribution in [2.45, 2.75) is 31.3 Å². The number of nitrogens with zero attached hydrogens (tertiary/aromatic N) is 1. The largest absolute Gasteiger partial charge is 0.481 e. The van der Waals surface area contributed by atoms with Crippen molar-refractivity contribution in [2.24, 2.45) is 5.73 Å². The normalized spacial score (nSPS) is 21.1. The summed E-state index contributed by atoms with van der Waals surface area (Å²) in [5, 5.41) is 8.55. The molecule has 3 N–H and O–H groups in total. The second-order valence-corrected chi connectivity index (χ2v) is 3.92. The molecule has 0 aromatic heterocycles. The molecule has 0 aromatic carbocycles. The van der Waals surface area contributed by atoms with Gasteiger partial charge in [-0.3, -0.25) is 9.59 Å². The Morgan fingerprint density at radius 2 is 2.18 bits per heavy atom. The van der Waals surface area contributed by atoms with Crippen LogP contribution in [0.4, 0.5) is 0 Å². The highest BCUT2D eigenvalue weighted by atomic mass is 16.5. The summed E-state index contributed by atoms with van der Waals surface area (Å²) in [6, 6.07) is -1.75. The van der Waals surface area contributed by atoms with E-state index in [1.54, 1.807) is 0 Å². The summed E-state index contributed by atoms with van der Waals surface area (Å²) in [7, 11) is 1.25. The lowest BCUT2D eigenvalue weighted by molar-refractivity contribution is -0.152. The Balaban J connectivity index is 2.67. The Kier molecular flexibility index (Phi) is 4.45. The number of likely N-dealkylation sites (tertiary alicyclic amines) is 1. The van der Waals surface area contributed by atoms with Gasteiger partial charge in [0.2, 0.25) is 5.91 Å². The van der Waals surface area contributed by atoms with Crippen molar-refractivity contribution in [3.8, 4) is 0 Å². The number of nitrogens with two attached hydrogens (primary N) is 1. The van der Waals surface area contributed by atoms with Gasteiger partial charge in [-0.2, -0.15) is 0 Å². The number of ether oxygens (including phenoxy) is 1. The lowest BCUT2D eigenvalue weighted by Gasteiger charge is -2.25. The van der Waals surface area contributed by atoms with Gasteiger partial charge in [-0.05, 0) is 12.8 Å². The van der Waals surface area contributed by atoms with Crippen LogP contribution >= 0.6 is 0 Å². The van der Waals surface area contributed by atoms with Crippen LogP contribution in [0, 0.1) is 0 Å². The molecule has 1 fully saturated rings. The van der Waals surface area contributed by atoms with E-state index >= 15 is 0 Å². The molecule has 1 rings (SSSR count). The summed E-state index contributed by atoms with van der Waals surface area (Å²) in [6.07, 6.45) is 0.771. The molecule has 17 heavy (non-hydrogen) atoms. The van der Waals surface area contributed by atoms with E-state index in [1.807, 2.05) is 0 Å². The van der Waals surface area contributed by atoms with E-state index in [2.05, 4.69) is 4.74 Å². The fraction of sp³-hybridized carbons (Fsp3) is 0.700. The zero-order valence-electron chi connectivity index (χ0n) is 9.59. The maximum atomic E-state index is 11.8. The average Bonchev–Trinajstić information content (AvgIpc) is 2.74. The molecule has 0 radical (unpaired) electrons. The van der Waals surface area contributed by atoms with Gasteiger partial charge < -0.3 is 20.5 Å². The van der Waals surface area contributed by atoms with Crippen LogP contribution in [0.15, 0.2) is 0 Å². The molecule has 0 bridgehead atoms. The van der Waals surface area contributed by atoms with Crippen molar-refractivity contribution >= 4 is 17.8 Å². The number of rotatable bonds is 4. The van der Waals surface area contributed by atoms with E-state index < -0.39 is 36.4 Å². The van der Waals surface area contributed by atoms with Crippen LogP contribution in [0.3, 0.4) is 0 Å². The first-order chi connectivity index (χ1) is 7.97. The molecule has 0 unspecified atom stereocenters. The molecule has 1 amide bonds. The van der Waals surface area contributed by atoms with Crippen LogP contribution in [0.2, 0.25) is 0 Å². The predicted molar refractivity (Wildman–Crippen MR) is 57.0 cm³/mol. The molecule has 1 heterocycles. The second kappa shape index (κ2) is 5.62. The van der Waals surface area contributed by atoms with Gasteiger partial charge in [-0.15, -0.1) is 0 Å². The van der Waals surface area contributed by atoms with Gasteiger partial charge in [0.25, 0.3) is 0 Å². The van der Waals surface area contributed by atoms with Gasteiger partial charge in [0.15, 0.2) is 0 Å². The monoisotopic (exact) mass is 244 g/mol. The minimum absolute atomic E-state index is 0.409. The standard InChI is InChI=1S/C10H16N2O5/c1-17-10(16)7-3-2-4-12(7)9(15)6(11)5-8(13)14/h6-7H,2-5,11H2,1H3,(H,13,14)/t6-,7+/m0/s1. The number of hydrogen-bond donors (Lipinski definition) is 2. The minimum atomic E-state index is -1.14. The summed E-state index contributed by atoms with van der Waals surface area (Å²) >= 11 is 0. The molecule has 96 valence electrons. The number of hydrogen-bond acceptors (Lipinski definition) is 5. The summed E-state index contributed by atoms with van der Waals surface area (Å²) in [6.45, 7) is 0.409. The highest BCUT2D eigenvalue weighted by Crippen LogP contribution is 2.19. The Hall–Kier alpha value is -1.63. The summed E-state index contributed by atoms with van der Waals surface area (Å²) in [4.78, 5) is 35.0. The third-order valence-corrected chi connectivity index (χ3v) is 2.72. The molecule has 0 aliphatic carbocycles. The van der Waals surface area contributed by atoms with Crippen LogP contribution in [-0.4, -0.2) is 53.6 Å². The lowest BCUT2D eigenvalue weighted by Crippen LogP contribution is -2.49. The predicted octanol–water partition coefficient (Wildman–Crippen LogP) is -1.05. The van der Waals surface area contributed by atoms with E-state index in [-0.39, 0.29) is 0 Å². The number of methoxy groups -OCH3 is 1. The van der Waals surface area contributed by atoms with E-state index in [0.717, 1.165) is 0 Å². The van der Waals surface area contributed by atoms with E-state index in [9.17, 15) is 14.4 Å². The number of carbonyl (C=O) groups is 3. The zero-order valence-corrected chi connectivity index (χ0v) is 9.59. The second-order valence-electron chi connectivity index (χ2n) is 3.92. The van der Waals surface area contributed by atoms with Crippen LogP contribution < -0.4 is 5.73 Å². The van der Waals surface area contributed by atoms with E-state index in [0.29, 0.717) is 19.4 Å². The Labute approximate surface area is 98.5 Å². The number of carboxylic acids is 1. The van der Waals surface area contributed by atoms with Crippen LogP contribution in [0.5, 0.6) is 0 Å². The Bertz CT molecular complexity index is 331. The fourth-order valence-electron chi connectivity index (χ4n) is 1.90. The number of amides is 1. The molecule has 0 saturated carbocycles. The van der Waals surface area contributed by atoms with Gasteiger partial charge >= 0.3 is 11.9 Å². The van der Waals surface area contributed by atoms with Crippen LogP contribution in [-0.2, 0) is 19.1 Å². The molecule has 0 spiro atoms. The molecule has 0 aromatic rings. The lowest BCUT2D eigenvalue weighted by atomic mass is 10.1. The zero-order chi connectivity index (χ0) is 13.0. The highest BCUT2D eigenvalue weighted by molar-refractivity contribution is 5.90. The highest BCUT2D eigenvalue weighted by Gasteiger charge is 2.37. The fourth-order valence-corrected chi connectivity index (χ4v) is 1.90. The van der Waals surface area contributed by atoms with Crippen molar-refractivity contribution in [3.05, 3.63) is 0 Å². The van der Waals surface area contributed by atoms with Crippen LogP contribution in [0.1, 0.15) is 19.3 Å². The first-order valence-electron chi connectivity index (χ1n) is 5.33. The maximum Gasteiger partial charge on any atom is 0.328 e. The molecule has 7 heteroatoms. The molecule has 1 aliphatic heterocycles. The van der Waals surface area contributed by atoms with Crippen molar-refractivity contribution in [1.29, 1.82) is 0 Å². The van der Waals surface area contributed by atoms with Gasteiger partial charge in [0, 0.05) is 6.54 Å². The van der Waals surface area contributed by atoms with E-state index in [4.69, 9.17) is 10.8 Å². The third-order valence-electron chi connectivity index (χ3n) is 2.72. The van der Waals surface area contributed by atoms with Crippen molar-refractivity contribution in [2.75, 3.05) is 13.7 Å². The number of aliphatic carboxylic acids is 1. The Morgan fingerprint density at radius 3 is 2.71 bits per heavy atom. The molecule has 1 saturated heterocycles. The van der Waals surface area contributed by atoms with Crippen LogP contribution in [0.25, 0.3) is 0 Å². The first-order valence-corrected chi connectivity index (χ1v) is 5.33. The SMILES string of the molecule is COC(=O)[C@H]1CCCN1C(=O)[C@@H](N)CC(=O)O. The molecule has 2 atom stereocenters. The van der Waals surface area contributed by atoms with Crippen molar-refractivity contribution in [3.63, 3.8) is 0 Å². The number of carboxylic acid groups (broad SMARTS) is 1. The topological polar surface area (TPSA) is 110 Å². The van der Waals surface area contributed by atoms with E-state index in [1.165, 1.54) is 12.0 Å². The summed E-state index contributed by atoms with van der Waals surface area (Å²) in [5.74, 6) is -2.14. The molecular formula is C10H16N2O5. The average molecular weight is 244 g/mol. The molecular weight excluding hydrogens is 228 g/mol. The van der Waals surface area contributed by atoms with Gasteiger partial charge in [0.1, 0.15) is 6.04 Å². The molecule has 1 aliphatic rings. The quantitative estimate of drug-likeness (QED) is 0.611. The maximum absolute atomic E-state index is 11.8. The van der Waals surface area contributed by atoms with Gasteiger partial charge in [-0.25, -0.2) is 4.79 Å². The Morgan fingerprint density at radius 1 is 1.53 bits per heavy atom. The minimum Gasteiger partial charge on any atom is -0.481 e. The van der Waals surface area contributed by atoms with Gasteiger partial charge in [0.05, 0.1) is 19.6 Å². The van der Waals surface area contributed by atoms with Gasteiger partial charge in [-0.1, -0.05) is 0 Å².